The lowest BCUT2D eigenvalue weighted by Crippen LogP contribution is -2.43. The number of carbonyl (C=O) groups excluding carboxylic acids is 3. The third-order valence-corrected chi connectivity index (χ3v) is 4.85. The van der Waals surface area contributed by atoms with E-state index >= 15 is 0 Å². The van der Waals surface area contributed by atoms with Crippen molar-refractivity contribution in [1.82, 2.24) is 0 Å². The Balaban J connectivity index is 1.98. The lowest BCUT2D eigenvalue weighted by atomic mass is 9.88. The summed E-state index contributed by atoms with van der Waals surface area (Å²) >= 11 is 0. The average molecular weight is 423 g/mol. The summed E-state index contributed by atoms with van der Waals surface area (Å²) in [5.41, 5.74) is 0.959. The number of hydrogen-bond acceptors (Lipinski definition) is 6. The third kappa shape index (κ3) is 4.61. The number of nitro benzene ring substituents is 1. The lowest BCUT2D eigenvalue weighted by molar-refractivity contribution is -0.384. The number of nitrogens with one attached hydrogen (secondary N) is 1. The first-order chi connectivity index (χ1) is 14.8. The Hall–Kier alpha value is -4.01. The smallest absolute Gasteiger partial charge is 0.336 e. The molecule has 0 aromatic heterocycles. The fourth-order valence-electron chi connectivity index (χ4n) is 3.49. The van der Waals surface area contributed by atoms with E-state index in [4.69, 9.17) is 4.74 Å². The van der Waals surface area contributed by atoms with Crippen LogP contribution in [0.1, 0.15) is 20.3 Å². The van der Waals surface area contributed by atoms with Gasteiger partial charge in [-0.2, -0.15) is 0 Å². The maximum absolute atomic E-state index is 13.0. The number of amides is 2. The zero-order chi connectivity index (χ0) is 22.5. The van der Waals surface area contributed by atoms with Crippen molar-refractivity contribution in [1.29, 1.82) is 0 Å². The topological polar surface area (TPSA) is 119 Å². The molecule has 0 bridgehead atoms. The first-order valence-electron chi connectivity index (χ1n) is 9.64. The summed E-state index contributed by atoms with van der Waals surface area (Å²) in [7, 11) is 0. The Morgan fingerprint density at radius 2 is 1.90 bits per heavy atom. The Labute approximate surface area is 178 Å². The van der Waals surface area contributed by atoms with Crippen LogP contribution in [0.25, 0.3) is 0 Å². The lowest BCUT2D eigenvalue weighted by Gasteiger charge is -2.33. The van der Waals surface area contributed by atoms with Crippen LogP contribution in [0.15, 0.2) is 65.9 Å². The summed E-state index contributed by atoms with van der Waals surface area (Å²) in [5, 5.41) is 13.6. The second kappa shape index (κ2) is 9.21. The van der Waals surface area contributed by atoms with Crippen LogP contribution in [-0.2, 0) is 19.1 Å². The van der Waals surface area contributed by atoms with E-state index in [0.717, 1.165) is 0 Å². The van der Waals surface area contributed by atoms with Gasteiger partial charge in [-0.1, -0.05) is 24.3 Å². The highest BCUT2D eigenvalue weighted by Crippen LogP contribution is 2.34. The van der Waals surface area contributed by atoms with Gasteiger partial charge < -0.3 is 10.1 Å². The number of esters is 1. The molecule has 3 rings (SSSR count). The molecule has 1 aliphatic heterocycles. The fraction of sp³-hybridized carbons (Fsp3) is 0.227. The molecule has 0 spiro atoms. The van der Waals surface area contributed by atoms with E-state index in [1.807, 2.05) is 0 Å². The maximum atomic E-state index is 13.0. The molecule has 1 atom stereocenters. The van der Waals surface area contributed by atoms with Crippen molar-refractivity contribution in [2.45, 2.75) is 20.3 Å². The van der Waals surface area contributed by atoms with Crippen molar-refractivity contribution < 1.29 is 24.0 Å². The first-order valence-corrected chi connectivity index (χ1v) is 9.64. The molecule has 0 radical (unpaired) electrons. The molecule has 31 heavy (non-hydrogen) atoms. The van der Waals surface area contributed by atoms with Gasteiger partial charge in [0.2, 0.25) is 11.8 Å². The maximum Gasteiger partial charge on any atom is 0.336 e. The first kappa shape index (κ1) is 21.7. The van der Waals surface area contributed by atoms with E-state index in [0.29, 0.717) is 11.4 Å². The van der Waals surface area contributed by atoms with Crippen LogP contribution < -0.4 is 10.2 Å². The van der Waals surface area contributed by atoms with Gasteiger partial charge in [-0.15, -0.1) is 0 Å². The standard InChI is InChI=1S/C22H21N3O6/c1-3-31-22(28)20-14(2)24(16-9-5-4-6-10-16)19(26)13-18(20)21(27)23-15-8-7-11-17(12-15)25(29)30/h4-12,18H,3,13H2,1-2H3,(H,23,27)/t18-/m1/s1. The van der Waals surface area contributed by atoms with Crippen molar-refractivity contribution in [3.63, 3.8) is 0 Å². The largest absolute Gasteiger partial charge is 0.463 e. The highest BCUT2D eigenvalue weighted by atomic mass is 16.6. The van der Waals surface area contributed by atoms with Crippen molar-refractivity contribution in [3.05, 3.63) is 76.0 Å². The SMILES string of the molecule is CCOC(=O)C1=C(C)N(c2ccccc2)C(=O)C[C@H]1C(=O)Nc1cccc([N+](=O)[O-])c1. The number of anilines is 2. The second-order valence-electron chi connectivity index (χ2n) is 6.84. The number of non-ortho nitro benzene ring substituents is 1. The number of para-hydroxylation sites is 1. The van der Waals surface area contributed by atoms with Crippen molar-refractivity contribution >= 4 is 34.8 Å². The molecule has 0 aliphatic carbocycles. The summed E-state index contributed by atoms with van der Waals surface area (Å²) in [5.74, 6) is -2.75. The highest BCUT2D eigenvalue weighted by Gasteiger charge is 2.40. The number of nitro groups is 1. The minimum absolute atomic E-state index is 0.0771. The van der Waals surface area contributed by atoms with Gasteiger partial charge in [0, 0.05) is 35.6 Å². The number of benzene rings is 2. The molecule has 2 aromatic carbocycles. The number of hydrogen-bond donors (Lipinski definition) is 1. The van der Waals surface area contributed by atoms with Gasteiger partial charge in [-0.25, -0.2) is 4.79 Å². The zero-order valence-electron chi connectivity index (χ0n) is 17.0. The minimum Gasteiger partial charge on any atom is -0.463 e. The highest BCUT2D eigenvalue weighted by molar-refractivity contribution is 6.10. The van der Waals surface area contributed by atoms with Crippen molar-refractivity contribution in [3.8, 4) is 0 Å². The molecular weight excluding hydrogens is 402 g/mol. The summed E-state index contributed by atoms with van der Waals surface area (Å²) in [6, 6.07) is 14.2. The van der Waals surface area contributed by atoms with Crippen LogP contribution in [-0.4, -0.2) is 29.3 Å². The molecule has 0 fully saturated rings. The van der Waals surface area contributed by atoms with E-state index in [9.17, 15) is 24.5 Å². The predicted molar refractivity (Wildman–Crippen MR) is 113 cm³/mol. The molecule has 9 nitrogen and oxygen atoms in total. The predicted octanol–water partition coefficient (Wildman–Crippen LogP) is 3.42. The molecule has 0 saturated heterocycles. The molecule has 1 aliphatic rings. The van der Waals surface area contributed by atoms with Gasteiger partial charge in [0.05, 0.1) is 23.0 Å². The molecule has 160 valence electrons. The third-order valence-electron chi connectivity index (χ3n) is 4.85. The number of ether oxygens (including phenoxy) is 1. The average Bonchev–Trinajstić information content (AvgIpc) is 2.74. The molecule has 1 heterocycles. The fourth-order valence-corrected chi connectivity index (χ4v) is 3.49. The Morgan fingerprint density at radius 1 is 1.19 bits per heavy atom. The molecule has 1 N–H and O–H groups in total. The monoisotopic (exact) mass is 423 g/mol. The van der Waals surface area contributed by atoms with Gasteiger partial charge in [-0.05, 0) is 32.0 Å². The number of rotatable bonds is 6. The summed E-state index contributed by atoms with van der Waals surface area (Å²) in [4.78, 5) is 50.4. The van der Waals surface area contributed by atoms with Gasteiger partial charge in [-0.3, -0.25) is 24.6 Å². The number of carbonyl (C=O) groups is 3. The molecule has 2 amide bonds. The van der Waals surface area contributed by atoms with Crippen molar-refractivity contribution in [2.24, 2.45) is 5.92 Å². The van der Waals surface area contributed by atoms with Gasteiger partial charge in [0.1, 0.15) is 0 Å². The van der Waals surface area contributed by atoms with Crippen LogP contribution in [0.4, 0.5) is 17.1 Å². The van der Waals surface area contributed by atoms with Crippen LogP contribution in [0.5, 0.6) is 0 Å². The summed E-state index contributed by atoms with van der Waals surface area (Å²) in [6.45, 7) is 3.34. The Bertz CT molecular complexity index is 1060. The van der Waals surface area contributed by atoms with E-state index in [2.05, 4.69) is 5.32 Å². The zero-order valence-corrected chi connectivity index (χ0v) is 17.0. The summed E-state index contributed by atoms with van der Waals surface area (Å²) in [6.07, 6.45) is -0.249. The van der Waals surface area contributed by atoms with Crippen molar-refractivity contribution in [2.75, 3.05) is 16.8 Å². The van der Waals surface area contributed by atoms with Gasteiger partial charge in [0.15, 0.2) is 0 Å². The second-order valence-corrected chi connectivity index (χ2v) is 6.84. The van der Waals surface area contributed by atoms with Gasteiger partial charge >= 0.3 is 5.97 Å². The Kier molecular flexibility index (Phi) is 6.44. The van der Waals surface area contributed by atoms with Crippen LogP contribution >= 0.6 is 0 Å². The number of nitrogens with zero attached hydrogens (tertiary/aromatic N) is 2. The van der Waals surface area contributed by atoms with E-state index in [-0.39, 0.29) is 35.9 Å². The Morgan fingerprint density at radius 3 is 2.55 bits per heavy atom. The molecule has 0 saturated carbocycles. The van der Waals surface area contributed by atoms with E-state index < -0.39 is 22.7 Å². The summed E-state index contributed by atoms with van der Waals surface area (Å²) < 4.78 is 5.15. The molecule has 9 heteroatoms. The van der Waals surface area contributed by atoms with Crippen LogP contribution in [0, 0.1) is 16.0 Å². The van der Waals surface area contributed by atoms with E-state index in [1.54, 1.807) is 44.2 Å². The quantitative estimate of drug-likeness (QED) is 0.432. The molecule has 2 aromatic rings. The molecular formula is C22H21N3O6. The van der Waals surface area contributed by atoms with Crippen LogP contribution in [0.2, 0.25) is 0 Å². The van der Waals surface area contributed by atoms with E-state index in [1.165, 1.54) is 29.2 Å². The normalized spacial score (nSPS) is 16.1. The molecule has 0 unspecified atom stereocenters. The number of allylic oxidation sites excluding steroid dienone is 1. The van der Waals surface area contributed by atoms with Gasteiger partial charge in [0.25, 0.3) is 5.69 Å². The van der Waals surface area contributed by atoms with Crippen LogP contribution in [0.3, 0.4) is 0 Å². The minimum atomic E-state index is -1.09.